The Labute approximate surface area is 144 Å². The van der Waals surface area contributed by atoms with Crippen molar-refractivity contribution in [2.45, 2.75) is 12.8 Å². The van der Waals surface area contributed by atoms with Crippen LogP contribution in [0.15, 0.2) is 58.1 Å². The van der Waals surface area contributed by atoms with E-state index in [1.54, 1.807) is 6.92 Å². The van der Waals surface area contributed by atoms with Crippen LogP contribution in [0.5, 0.6) is 0 Å². The number of hydrogen-bond acceptors (Lipinski definition) is 5. The average molecular weight is 346 g/mol. The van der Waals surface area contributed by atoms with E-state index in [1.165, 1.54) is 0 Å². The second-order valence-electron chi connectivity index (χ2n) is 4.75. The van der Waals surface area contributed by atoms with E-state index in [2.05, 4.69) is 11.1 Å². The molecule has 6 nitrogen and oxygen atoms in total. The second kappa shape index (κ2) is 8.18. The van der Waals surface area contributed by atoms with Gasteiger partial charge in [-0.2, -0.15) is 5.26 Å². The van der Waals surface area contributed by atoms with Gasteiger partial charge in [0, 0.05) is 0 Å². The Kier molecular flexibility index (Phi) is 5.99. The zero-order chi connectivity index (χ0) is 17.5. The number of carbonyl (C=O) groups is 1. The van der Waals surface area contributed by atoms with Crippen molar-refractivity contribution in [3.8, 4) is 6.07 Å². The van der Waals surface area contributed by atoms with Crippen LogP contribution in [0, 0.1) is 11.3 Å². The molecule has 0 bridgehead atoms. The number of allylic oxidation sites excluding steroid dienone is 2. The molecule has 1 aliphatic heterocycles. The Bertz CT molecular complexity index is 748. The van der Waals surface area contributed by atoms with E-state index in [0.29, 0.717) is 0 Å². The summed E-state index contributed by atoms with van der Waals surface area (Å²) in [4.78, 5) is 16.4. The molecule has 1 unspecified atom stereocenters. The lowest BCUT2D eigenvalue weighted by atomic mass is 9.83. The smallest absolute Gasteiger partial charge is 0.338 e. The van der Waals surface area contributed by atoms with Crippen molar-refractivity contribution in [2.75, 3.05) is 12.5 Å². The Morgan fingerprint density at radius 2 is 2.21 bits per heavy atom. The number of nitrogens with zero attached hydrogens (tertiary/aromatic N) is 2. The van der Waals surface area contributed by atoms with E-state index in [1.807, 2.05) is 30.3 Å². The van der Waals surface area contributed by atoms with Crippen LogP contribution in [0.2, 0.25) is 0 Å². The molecule has 1 heterocycles. The Hall–Kier alpha value is -2.78. The van der Waals surface area contributed by atoms with Crippen LogP contribution in [-0.4, -0.2) is 24.8 Å². The molecule has 2 rings (SSSR count). The molecule has 0 fully saturated rings. The topological polar surface area (TPSA) is 97.7 Å². The largest absolute Gasteiger partial charge is 0.463 e. The molecule has 7 heteroatoms. The van der Waals surface area contributed by atoms with Gasteiger partial charge in [-0.05, 0) is 12.5 Å². The fraction of sp³-hybridized carbons (Fsp3) is 0.235. The van der Waals surface area contributed by atoms with Gasteiger partial charge in [0.2, 0.25) is 5.88 Å². The van der Waals surface area contributed by atoms with Gasteiger partial charge in [0.25, 0.3) is 0 Å². The van der Waals surface area contributed by atoms with Gasteiger partial charge < -0.3 is 15.2 Å². The number of halogens is 1. The van der Waals surface area contributed by atoms with Crippen molar-refractivity contribution in [3.63, 3.8) is 0 Å². The molecule has 0 aliphatic carbocycles. The maximum atomic E-state index is 12.5. The highest BCUT2D eigenvalue weighted by Gasteiger charge is 2.37. The highest BCUT2D eigenvalue weighted by atomic mass is 35.5. The molecular weight excluding hydrogens is 330 g/mol. The zero-order valence-corrected chi connectivity index (χ0v) is 13.8. The van der Waals surface area contributed by atoms with Gasteiger partial charge in [0.1, 0.15) is 17.4 Å². The van der Waals surface area contributed by atoms with Crippen LogP contribution in [-0.2, 0) is 14.3 Å². The average Bonchev–Trinajstić information content (AvgIpc) is 2.61. The minimum Gasteiger partial charge on any atom is -0.463 e. The molecule has 1 aromatic rings. The number of ether oxygens (including phenoxy) is 2. The predicted molar refractivity (Wildman–Crippen MR) is 90.0 cm³/mol. The first-order chi connectivity index (χ1) is 11.7. The lowest BCUT2D eigenvalue weighted by molar-refractivity contribution is -0.139. The molecule has 0 amide bonds. The van der Waals surface area contributed by atoms with Gasteiger partial charge in [0.05, 0.1) is 30.3 Å². The first-order valence-electron chi connectivity index (χ1n) is 7.25. The number of rotatable bonds is 5. The van der Waals surface area contributed by atoms with Crippen molar-refractivity contribution in [1.82, 2.24) is 0 Å². The van der Waals surface area contributed by atoms with Gasteiger partial charge in [-0.25, -0.2) is 9.79 Å². The SMILES string of the molecule is CCOC(=O)C1=C(CCl)OC(/N=C/N)=C(C#N)C1c1ccccc1. The number of hydrogen-bond donors (Lipinski definition) is 1. The highest BCUT2D eigenvalue weighted by Crippen LogP contribution is 2.41. The summed E-state index contributed by atoms with van der Waals surface area (Å²) >= 11 is 5.95. The van der Waals surface area contributed by atoms with Crippen LogP contribution in [0.25, 0.3) is 0 Å². The second-order valence-corrected chi connectivity index (χ2v) is 5.01. The molecule has 2 N–H and O–H groups in total. The molecule has 1 atom stereocenters. The lowest BCUT2D eigenvalue weighted by Crippen LogP contribution is -2.24. The van der Waals surface area contributed by atoms with E-state index in [0.717, 1.165) is 11.9 Å². The summed E-state index contributed by atoms with van der Waals surface area (Å²) in [6.45, 7) is 1.89. The maximum absolute atomic E-state index is 12.5. The first-order valence-corrected chi connectivity index (χ1v) is 7.78. The summed E-state index contributed by atoms with van der Waals surface area (Å²) in [5.41, 5.74) is 6.43. The molecule has 1 aromatic carbocycles. The van der Waals surface area contributed by atoms with Crippen LogP contribution >= 0.6 is 11.6 Å². The number of nitrogens with two attached hydrogens (primary N) is 1. The van der Waals surface area contributed by atoms with E-state index in [-0.39, 0.29) is 35.3 Å². The molecule has 1 aliphatic rings. The van der Waals surface area contributed by atoms with Crippen LogP contribution in [0.1, 0.15) is 18.4 Å². The number of esters is 1. The van der Waals surface area contributed by atoms with Gasteiger partial charge >= 0.3 is 5.97 Å². The minimum atomic E-state index is -0.684. The van der Waals surface area contributed by atoms with Crippen LogP contribution < -0.4 is 5.73 Å². The number of nitriles is 1. The van der Waals surface area contributed by atoms with Gasteiger partial charge in [-0.3, -0.25) is 0 Å². The molecular formula is C17H16ClN3O3. The fourth-order valence-corrected chi connectivity index (χ4v) is 2.65. The normalized spacial score (nSPS) is 17.6. The highest BCUT2D eigenvalue weighted by molar-refractivity contribution is 6.19. The zero-order valence-electron chi connectivity index (χ0n) is 13.0. The predicted octanol–water partition coefficient (Wildman–Crippen LogP) is 2.58. The molecule has 0 spiro atoms. The number of alkyl halides is 1. The van der Waals surface area contributed by atoms with E-state index >= 15 is 0 Å². The summed E-state index contributed by atoms with van der Waals surface area (Å²) in [5.74, 6) is -1.11. The number of benzene rings is 1. The van der Waals surface area contributed by atoms with Crippen molar-refractivity contribution in [1.29, 1.82) is 5.26 Å². The van der Waals surface area contributed by atoms with Gasteiger partial charge in [-0.1, -0.05) is 30.3 Å². The van der Waals surface area contributed by atoms with E-state index in [9.17, 15) is 10.1 Å². The molecule has 0 saturated heterocycles. The Morgan fingerprint density at radius 3 is 2.75 bits per heavy atom. The lowest BCUT2D eigenvalue weighted by Gasteiger charge is -2.27. The Morgan fingerprint density at radius 1 is 1.50 bits per heavy atom. The van der Waals surface area contributed by atoms with Crippen molar-refractivity contribution in [2.24, 2.45) is 10.7 Å². The molecule has 24 heavy (non-hydrogen) atoms. The molecule has 0 aromatic heterocycles. The van der Waals surface area contributed by atoms with Crippen molar-refractivity contribution in [3.05, 3.63) is 58.7 Å². The standard InChI is InChI=1S/C17H16ClN3O3/c1-2-23-17(22)15-13(8-18)24-16(21-10-20)12(9-19)14(15)11-6-4-3-5-7-11/h3-7,10,14H,2,8H2,1H3,(H2,20,21). The first kappa shape index (κ1) is 17.6. The van der Waals surface area contributed by atoms with Crippen molar-refractivity contribution >= 4 is 23.9 Å². The Balaban J connectivity index is 2.69. The third-order valence-corrected chi connectivity index (χ3v) is 3.63. The maximum Gasteiger partial charge on any atom is 0.338 e. The van der Waals surface area contributed by atoms with Crippen LogP contribution in [0.3, 0.4) is 0 Å². The van der Waals surface area contributed by atoms with E-state index < -0.39 is 11.9 Å². The van der Waals surface area contributed by atoms with E-state index in [4.69, 9.17) is 26.8 Å². The summed E-state index contributed by atoms with van der Waals surface area (Å²) in [6, 6.07) is 11.1. The minimum absolute atomic E-state index is 0.0255. The monoisotopic (exact) mass is 345 g/mol. The van der Waals surface area contributed by atoms with Crippen LogP contribution in [0.4, 0.5) is 0 Å². The molecule has 0 saturated carbocycles. The third kappa shape index (κ3) is 3.42. The van der Waals surface area contributed by atoms with Gasteiger partial charge in [-0.15, -0.1) is 11.6 Å². The van der Waals surface area contributed by atoms with Crippen molar-refractivity contribution < 1.29 is 14.3 Å². The molecule has 124 valence electrons. The number of carbonyl (C=O) groups excluding carboxylic acids is 1. The summed E-state index contributed by atoms with van der Waals surface area (Å²) < 4.78 is 10.7. The fourth-order valence-electron chi connectivity index (χ4n) is 2.45. The number of aliphatic imine (C=N–C) groups is 1. The van der Waals surface area contributed by atoms with Gasteiger partial charge in [0.15, 0.2) is 0 Å². The summed E-state index contributed by atoms with van der Waals surface area (Å²) in [5, 5.41) is 9.60. The molecule has 0 radical (unpaired) electrons. The summed E-state index contributed by atoms with van der Waals surface area (Å²) in [7, 11) is 0. The summed E-state index contributed by atoms with van der Waals surface area (Å²) in [6.07, 6.45) is 1.02. The quantitative estimate of drug-likeness (QED) is 0.383. The third-order valence-electron chi connectivity index (χ3n) is 3.39.